The molecule has 0 aliphatic carbocycles. The topological polar surface area (TPSA) is 61.6 Å². The van der Waals surface area contributed by atoms with E-state index >= 15 is 0 Å². The number of aryl methyl sites for hydroxylation is 1. The van der Waals surface area contributed by atoms with Gasteiger partial charge in [-0.15, -0.1) is 0 Å². The Morgan fingerprint density at radius 3 is 2.27 bits per heavy atom. The quantitative estimate of drug-likeness (QED) is 0.694. The summed E-state index contributed by atoms with van der Waals surface area (Å²) < 4.78 is 11.7. The molecule has 0 heterocycles. The fourth-order valence-corrected chi connectivity index (χ4v) is 2.39. The molecule has 2 aromatic carbocycles. The first-order chi connectivity index (χ1) is 12.4. The second-order valence-electron chi connectivity index (χ2n) is 6.65. The van der Waals surface area contributed by atoms with Crippen LogP contribution in [0.3, 0.4) is 0 Å². The van der Waals surface area contributed by atoms with Crippen LogP contribution in [0.1, 0.15) is 48.7 Å². The zero-order valence-corrected chi connectivity index (χ0v) is 16.0. The Morgan fingerprint density at radius 1 is 1.00 bits per heavy atom. The number of amides is 1. The van der Waals surface area contributed by atoms with E-state index in [0.717, 1.165) is 17.5 Å². The fraction of sp³-hybridized carbons (Fsp3) is 0.318. The SMILES string of the molecule is CC(C)=C(C)CCOc1cc(OCc2ccccc2C)cc(C(N)=O)c1. The van der Waals surface area contributed by atoms with Gasteiger partial charge in [0, 0.05) is 18.1 Å². The van der Waals surface area contributed by atoms with Gasteiger partial charge >= 0.3 is 0 Å². The van der Waals surface area contributed by atoms with E-state index in [1.165, 1.54) is 11.1 Å². The van der Waals surface area contributed by atoms with Crippen molar-refractivity contribution in [3.8, 4) is 11.5 Å². The number of ether oxygens (including phenoxy) is 2. The van der Waals surface area contributed by atoms with E-state index in [4.69, 9.17) is 15.2 Å². The van der Waals surface area contributed by atoms with Gasteiger partial charge in [-0.05, 0) is 51.0 Å². The van der Waals surface area contributed by atoms with Crippen LogP contribution in [-0.4, -0.2) is 12.5 Å². The molecule has 138 valence electrons. The molecule has 2 rings (SSSR count). The predicted molar refractivity (Wildman–Crippen MR) is 105 cm³/mol. The maximum absolute atomic E-state index is 11.6. The first kappa shape index (κ1) is 19.6. The summed E-state index contributed by atoms with van der Waals surface area (Å²) in [5, 5.41) is 0. The lowest BCUT2D eigenvalue weighted by Crippen LogP contribution is -2.12. The van der Waals surface area contributed by atoms with Crippen LogP contribution in [0.5, 0.6) is 11.5 Å². The third kappa shape index (κ3) is 5.66. The molecular formula is C22H27NO3. The molecule has 0 bridgehead atoms. The van der Waals surface area contributed by atoms with Crippen LogP contribution in [0, 0.1) is 6.92 Å². The van der Waals surface area contributed by atoms with Gasteiger partial charge in [0.05, 0.1) is 6.61 Å². The Balaban J connectivity index is 2.10. The van der Waals surface area contributed by atoms with Crippen molar-refractivity contribution in [2.45, 2.75) is 40.7 Å². The molecule has 0 aliphatic heterocycles. The zero-order valence-electron chi connectivity index (χ0n) is 16.0. The summed E-state index contributed by atoms with van der Waals surface area (Å²) in [6, 6.07) is 13.1. The van der Waals surface area contributed by atoms with Crippen molar-refractivity contribution in [3.63, 3.8) is 0 Å². The highest BCUT2D eigenvalue weighted by Gasteiger charge is 2.09. The lowest BCUT2D eigenvalue weighted by Gasteiger charge is -2.13. The van der Waals surface area contributed by atoms with Gasteiger partial charge < -0.3 is 15.2 Å². The summed E-state index contributed by atoms with van der Waals surface area (Å²) in [5.74, 6) is 0.651. The molecular weight excluding hydrogens is 326 g/mol. The van der Waals surface area contributed by atoms with Crippen molar-refractivity contribution >= 4 is 5.91 Å². The van der Waals surface area contributed by atoms with Crippen LogP contribution in [0.4, 0.5) is 0 Å². The van der Waals surface area contributed by atoms with Gasteiger partial charge in [-0.3, -0.25) is 4.79 Å². The molecule has 0 atom stereocenters. The van der Waals surface area contributed by atoms with Gasteiger partial charge in [0.15, 0.2) is 0 Å². The molecule has 0 aromatic heterocycles. The molecule has 2 N–H and O–H groups in total. The molecule has 0 unspecified atom stereocenters. The summed E-state index contributed by atoms with van der Waals surface area (Å²) in [7, 11) is 0. The molecule has 0 spiro atoms. The van der Waals surface area contributed by atoms with Crippen molar-refractivity contribution in [2.24, 2.45) is 5.73 Å². The van der Waals surface area contributed by atoms with Crippen molar-refractivity contribution in [1.29, 1.82) is 0 Å². The predicted octanol–water partition coefficient (Wildman–Crippen LogP) is 4.80. The lowest BCUT2D eigenvalue weighted by atomic mass is 10.1. The van der Waals surface area contributed by atoms with Crippen LogP contribution < -0.4 is 15.2 Å². The maximum Gasteiger partial charge on any atom is 0.248 e. The van der Waals surface area contributed by atoms with E-state index in [2.05, 4.69) is 20.8 Å². The van der Waals surface area contributed by atoms with Gasteiger partial charge in [-0.2, -0.15) is 0 Å². The molecule has 0 fully saturated rings. The highest BCUT2D eigenvalue weighted by Crippen LogP contribution is 2.24. The van der Waals surface area contributed by atoms with Crippen molar-refractivity contribution in [2.75, 3.05) is 6.61 Å². The number of benzene rings is 2. The molecule has 2 aromatic rings. The Labute approximate surface area is 155 Å². The van der Waals surface area contributed by atoms with Gasteiger partial charge in [0.2, 0.25) is 5.91 Å². The standard InChI is InChI=1S/C22H27NO3/c1-15(2)16(3)9-10-25-20-11-19(22(23)24)12-21(13-20)26-14-18-8-6-5-7-17(18)4/h5-8,11-13H,9-10,14H2,1-4H3,(H2,23,24). The average molecular weight is 353 g/mol. The molecule has 26 heavy (non-hydrogen) atoms. The van der Waals surface area contributed by atoms with E-state index in [-0.39, 0.29) is 0 Å². The van der Waals surface area contributed by atoms with Crippen molar-refractivity contribution in [1.82, 2.24) is 0 Å². The van der Waals surface area contributed by atoms with Crippen LogP contribution in [0.2, 0.25) is 0 Å². The zero-order chi connectivity index (χ0) is 19.1. The van der Waals surface area contributed by atoms with E-state index in [1.54, 1.807) is 18.2 Å². The summed E-state index contributed by atoms with van der Waals surface area (Å²) in [5.41, 5.74) is 10.7. The van der Waals surface area contributed by atoms with E-state index in [9.17, 15) is 4.79 Å². The molecule has 4 heteroatoms. The summed E-state index contributed by atoms with van der Waals surface area (Å²) >= 11 is 0. The van der Waals surface area contributed by atoms with Gasteiger partial charge in [0.1, 0.15) is 18.1 Å². The fourth-order valence-electron chi connectivity index (χ4n) is 2.39. The Bertz CT molecular complexity index is 805. The monoisotopic (exact) mass is 353 g/mol. The Morgan fingerprint density at radius 2 is 1.65 bits per heavy atom. The lowest BCUT2D eigenvalue weighted by molar-refractivity contribution is 0.0999. The molecule has 0 saturated heterocycles. The number of hydrogen-bond acceptors (Lipinski definition) is 3. The minimum absolute atomic E-state index is 0.376. The molecule has 1 amide bonds. The third-order valence-corrected chi connectivity index (χ3v) is 4.42. The minimum Gasteiger partial charge on any atom is -0.493 e. The van der Waals surface area contributed by atoms with Crippen LogP contribution in [0.25, 0.3) is 0 Å². The number of carbonyl (C=O) groups is 1. The molecule has 0 radical (unpaired) electrons. The van der Waals surface area contributed by atoms with Crippen LogP contribution in [0.15, 0.2) is 53.6 Å². The highest BCUT2D eigenvalue weighted by atomic mass is 16.5. The van der Waals surface area contributed by atoms with Gasteiger partial charge in [-0.25, -0.2) is 0 Å². The van der Waals surface area contributed by atoms with Crippen LogP contribution >= 0.6 is 0 Å². The van der Waals surface area contributed by atoms with Crippen LogP contribution in [-0.2, 0) is 6.61 Å². The summed E-state index contributed by atoms with van der Waals surface area (Å²) in [6.07, 6.45) is 0.836. The number of rotatable bonds is 8. The molecule has 4 nitrogen and oxygen atoms in total. The first-order valence-electron chi connectivity index (χ1n) is 8.74. The third-order valence-electron chi connectivity index (χ3n) is 4.42. The second kappa shape index (κ2) is 9.09. The number of nitrogens with two attached hydrogens (primary N) is 1. The molecule has 0 aliphatic rings. The molecule has 0 saturated carbocycles. The highest BCUT2D eigenvalue weighted by molar-refractivity contribution is 5.93. The number of primary amides is 1. The smallest absolute Gasteiger partial charge is 0.248 e. The Hall–Kier alpha value is -2.75. The van der Waals surface area contributed by atoms with Crippen molar-refractivity contribution in [3.05, 3.63) is 70.3 Å². The maximum atomic E-state index is 11.6. The Kier molecular flexibility index (Phi) is 6.84. The summed E-state index contributed by atoms with van der Waals surface area (Å²) in [4.78, 5) is 11.6. The number of hydrogen-bond donors (Lipinski definition) is 1. The van der Waals surface area contributed by atoms with Gasteiger partial charge in [-0.1, -0.05) is 35.4 Å². The second-order valence-corrected chi connectivity index (χ2v) is 6.65. The van der Waals surface area contributed by atoms with E-state index in [1.807, 2.05) is 31.2 Å². The minimum atomic E-state index is -0.503. The van der Waals surface area contributed by atoms with Gasteiger partial charge in [0.25, 0.3) is 0 Å². The van der Waals surface area contributed by atoms with Crippen molar-refractivity contribution < 1.29 is 14.3 Å². The largest absolute Gasteiger partial charge is 0.493 e. The van der Waals surface area contributed by atoms with E-state index < -0.39 is 5.91 Å². The number of carbonyl (C=O) groups excluding carboxylic acids is 1. The normalized spacial score (nSPS) is 10.3. The first-order valence-corrected chi connectivity index (χ1v) is 8.74. The number of allylic oxidation sites excluding steroid dienone is 1. The van der Waals surface area contributed by atoms with E-state index in [0.29, 0.717) is 30.3 Å². The average Bonchev–Trinajstić information content (AvgIpc) is 2.60. The summed E-state index contributed by atoms with van der Waals surface area (Å²) in [6.45, 7) is 9.26.